The van der Waals surface area contributed by atoms with Gasteiger partial charge in [0.1, 0.15) is 5.75 Å². The number of alkyl halides is 2. The van der Waals surface area contributed by atoms with Crippen LogP contribution in [0, 0.1) is 0 Å². The van der Waals surface area contributed by atoms with Gasteiger partial charge < -0.3 is 15.0 Å². The average molecular weight is 333 g/mol. The maximum absolute atomic E-state index is 12.9. The minimum atomic E-state index is -2.92. The normalized spacial score (nSPS) is 17.8. The fourth-order valence-electron chi connectivity index (χ4n) is 2.79. The lowest BCUT2D eigenvalue weighted by Gasteiger charge is -2.36. The molecule has 24 heavy (non-hydrogen) atoms. The van der Waals surface area contributed by atoms with E-state index in [1.165, 1.54) is 18.2 Å². The highest BCUT2D eigenvalue weighted by Gasteiger charge is 2.29. The number of rotatable bonds is 4. The fourth-order valence-corrected chi connectivity index (χ4v) is 2.79. The molecule has 0 saturated carbocycles. The van der Waals surface area contributed by atoms with Crippen LogP contribution in [0.5, 0.6) is 5.75 Å². The van der Waals surface area contributed by atoms with Crippen LogP contribution in [0.1, 0.15) is 22.0 Å². The number of hydrogen-bond donors (Lipinski definition) is 1. The fraction of sp³-hybridized carbons (Fsp3) is 0.294. The maximum Gasteiger partial charge on any atom is 0.387 e. The number of nitrogens with zero attached hydrogens (tertiary/aromatic N) is 2. The number of hydrogen-bond acceptors (Lipinski definition) is 4. The summed E-state index contributed by atoms with van der Waals surface area (Å²) in [6, 6.07) is 9.47. The van der Waals surface area contributed by atoms with Crippen molar-refractivity contribution in [3.63, 3.8) is 0 Å². The molecule has 126 valence electrons. The summed E-state index contributed by atoms with van der Waals surface area (Å²) in [6.45, 7) is -1.10. The third kappa shape index (κ3) is 3.68. The molecule has 7 heteroatoms. The highest BCUT2D eigenvalue weighted by atomic mass is 19.3. The molecule has 1 fully saturated rings. The molecule has 1 atom stereocenters. The van der Waals surface area contributed by atoms with Crippen molar-refractivity contribution in [3.05, 3.63) is 59.9 Å². The lowest BCUT2D eigenvalue weighted by molar-refractivity contribution is -0.0499. The summed E-state index contributed by atoms with van der Waals surface area (Å²) in [4.78, 5) is 18.7. The van der Waals surface area contributed by atoms with Crippen LogP contribution >= 0.6 is 0 Å². The lowest BCUT2D eigenvalue weighted by Crippen LogP contribution is -2.48. The van der Waals surface area contributed by atoms with Crippen molar-refractivity contribution >= 4 is 5.91 Å². The van der Waals surface area contributed by atoms with Crippen molar-refractivity contribution in [2.75, 3.05) is 19.6 Å². The van der Waals surface area contributed by atoms with Gasteiger partial charge in [-0.15, -0.1) is 0 Å². The van der Waals surface area contributed by atoms with Gasteiger partial charge >= 0.3 is 6.61 Å². The number of pyridine rings is 1. The van der Waals surface area contributed by atoms with Crippen LogP contribution in [0.4, 0.5) is 8.78 Å². The van der Waals surface area contributed by atoms with E-state index in [2.05, 4.69) is 15.0 Å². The smallest absolute Gasteiger partial charge is 0.387 e. The summed E-state index contributed by atoms with van der Waals surface area (Å²) in [7, 11) is 0. The second-order valence-corrected chi connectivity index (χ2v) is 5.41. The lowest BCUT2D eigenvalue weighted by atomic mass is 10.0. The van der Waals surface area contributed by atoms with E-state index in [4.69, 9.17) is 0 Å². The molecule has 0 radical (unpaired) electrons. The van der Waals surface area contributed by atoms with Crippen LogP contribution < -0.4 is 10.1 Å². The zero-order valence-corrected chi connectivity index (χ0v) is 12.9. The Balaban J connectivity index is 1.84. The number of carbonyl (C=O) groups is 1. The van der Waals surface area contributed by atoms with E-state index < -0.39 is 6.61 Å². The molecular formula is C17H17F2N3O2. The van der Waals surface area contributed by atoms with Crippen LogP contribution in [-0.2, 0) is 0 Å². The van der Waals surface area contributed by atoms with Gasteiger partial charge in [0.05, 0.1) is 6.04 Å². The Bertz CT molecular complexity index is 697. The molecule has 0 aliphatic carbocycles. The van der Waals surface area contributed by atoms with E-state index in [1.807, 2.05) is 12.1 Å². The second-order valence-electron chi connectivity index (χ2n) is 5.41. The topological polar surface area (TPSA) is 54.5 Å². The number of benzene rings is 1. The van der Waals surface area contributed by atoms with Crippen LogP contribution in [0.25, 0.3) is 0 Å². The summed E-state index contributed by atoms with van der Waals surface area (Å²) >= 11 is 0. The van der Waals surface area contributed by atoms with Gasteiger partial charge in [-0.1, -0.05) is 12.1 Å². The molecule has 0 spiro atoms. The van der Waals surface area contributed by atoms with E-state index in [-0.39, 0.29) is 17.7 Å². The highest BCUT2D eigenvalue weighted by molar-refractivity contribution is 5.95. The van der Waals surface area contributed by atoms with Crippen LogP contribution in [0.2, 0.25) is 0 Å². The summed E-state index contributed by atoms with van der Waals surface area (Å²) in [5.41, 5.74) is 1.25. The van der Waals surface area contributed by atoms with Crippen molar-refractivity contribution in [1.82, 2.24) is 15.2 Å². The minimum absolute atomic E-state index is 0.0242. The SMILES string of the molecule is O=C(c1cccc(OC(F)F)c1)N1CCNCC1c1cccnc1. The molecule has 1 aliphatic heterocycles. The summed E-state index contributed by atoms with van der Waals surface area (Å²) in [6.07, 6.45) is 3.41. The zero-order chi connectivity index (χ0) is 16.9. The Hall–Kier alpha value is -2.54. The van der Waals surface area contributed by atoms with Gasteiger partial charge in [0.2, 0.25) is 0 Å². The molecule has 0 bridgehead atoms. The number of piperazine rings is 1. The Kier molecular flexibility index (Phi) is 5.00. The first kappa shape index (κ1) is 16.3. The Morgan fingerprint density at radius 2 is 2.21 bits per heavy atom. The molecule has 5 nitrogen and oxygen atoms in total. The second kappa shape index (κ2) is 7.35. The van der Waals surface area contributed by atoms with Crippen LogP contribution in [0.3, 0.4) is 0 Å². The highest BCUT2D eigenvalue weighted by Crippen LogP contribution is 2.25. The number of amides is 1. The van der Waals surface area contributed by atoms with E-state index in [9.17, 15) is 13.6 Å². The largest absolute Gasteiger partial charge is 0.435 e. The molecule has 1 N–H and O–H groups in total. The number of ether oxygens (including phenoxy) is 1. The van der Waals surface area contributed by atoms with Gasteiger partial charge in [0.25, 0.3) is 5.91 Å². The predicted molar refractivity (Wildman–Crippen MR) is 84.0 cm³/mol. The van der Waals surface area contributed by atoms with Crippen molar-refractivity contribution in [3.8, 4) is 5.75 Å². The summed E-state index contributed by atoms with van der Waals surface area (Å²) < 4.78 is 29.1. The third-order valence-electron chi connectivity index (χ3n) is 3.88. The van der Waals surface area contributed by atoms with Gasteiger partial charge in [-0.25, -0.2) is 0 Å². The molecule has 2 aromatic rings. The standard InChI is InChI=1S/C17H17F2N3O2/c18-17(19)24-14-5-1-3-12(9-14)16(23)22-8-7-21-11-15(22)13-4-2-6-20-10-13/h1-6,9-10,15,17,21H,7-8,11H2. The Morgan fingerprint density at radius 1 is 1.33 bits per heavy atom. The van der Waals surface area contributed by atoms with Gasteiger partial charge in [-0.05, 0) is 29.8 Å². The van der Waals surface area contributed by atoms with Gasteiger partial charge in [-0.3, -0.25) is 9.78 Å². The average Bonchev–Trinajstić information content (AvgIpc) is 2.61. The molecular weight excluding hydrogens is 316 g/mol. The predicted octanol–water partition coefficient (Wildman–Crippen LogP) is 2.47. The minimum Gasteiger partial charge on any atom is -0.435 e. The molecule has 1 amide bonds. The molecule has 1 saturated heterocycles. The van der Waals surface area contributed by atoms with Crippen molar-refractivity contribution in [2.24, 2.45) is 0 Å². The summed E-state index contributed by atoms with van der Waals surface area (Å²) in [5, 5.41) is 3.26. The first-order chi connectivity index (χ1) is 11.6. The Labute approximate surface area is 138 Å². The van der Waals surface area contributed by atoms with Gasteiger partial charge in [-0.2, -0.15) is 8.78 Å². The number of nitrogens with one attached hydrogen (secondary N) is 1. The maximum atomic E-state index is 12.9. The van der Waals surface area contributed by atoms with Crippen LogP contribution in [0.15, 0.2) is 48.8 Å². The molecule has 2 heterocycles. The number of aromatic nitrogens is 1. The molecule has 1 aromatic carbocycles. The molecule has 1 aliphatic rings. The first-order valence-corrected chi connectivity index (χ1v) is 7.61. The van der Waals surface area contributed by atoms with E-state index in [1.54, 1.807) is 23.4 Å². The van der Waals surface area contributed by atoms with Crippen molar-refractivity contribution < 1.29 is 18.3 Å². The molecule has 3 rings (SSSR count). The number of carbonyl (C=O) groups excluding carboxylic acids is 1. The van der Waals surface area contributed by atoms with Gasteiger partial charge in [0, 0.05) is 37.6 Å². The molecule has 1 aromatic heterocycles. The van der Waals surface area contributed by atoms with E-state index in [0.29, 0.717) is 25.2 Å². The van der Waals surface area contributed by atoms with E-state index in [0.717, 1.165) is 5.56 Å². The Morgan fingerprint density at radius 3 is 2.96 bits per heavy atom. The molecule has 1 unspecified atom stereocenters. The van der Waals surface area contributed by atoms with E-state index >= 15 is 0 Å². The number of halogens is 2. The monoisotopic (exact) mass is 333 g/mol. The first-order valence-electron chi connectivity index (χ1n) is 7.61. The summed E-state index contributed by atoms with van der Waals surface area (Å²) in [5.74, 6) is -0.242. The zero-order valence-electron chi connectivity index (χ0n) is 12.9. The van der Waals surface area contributed by atoms with Crippen LogP contribution in [-0.4, -0.2) is 42.0 Å². The quantitative estimate of drug-likeness (QED) is 0.934. The van der Waals surface area contributed by atoms with Crippen molar-refractivity contribution in [2.45, 2.75) is 12.7 Å². The van der Waals surface area contributed by atoms with Crippen molar-refractivity contribution in [1.29, 1.82) is 0 Å². The third-order valence-corrected chi connectivity index (χ3v) is 3.88. The van der Waals surface area contributed by atoms with Gasteiger partial charge in [0.15, 0.2) is 0 Å².